The van der Waals surface area contributed by atoms with E-state index in [1.165, 1.54) is 17.2 Å². The Morgan fingerprint density at radius 3 is 2.38 bits per heavy atom. The first kappa shape index (κ1) is 14.4. The second kappa shape index (κ2) is 8.72. The largest absolute Gasteiger partial charge is 0.478 e. The molecule has 2 nitrogen and oxygen atoms in total. The van der Waals surface area contributed by atoms with E-state index in [2.05, 4.69) is 26.0 Å². The molecule has 0 spiro atoms. The molecule has 0 saturated carbocycles. The minimum Gasteiger partial charge on any atom is -0.478 e. The number of hydrogen-bond acceptors (Lipinski definition) is 1. The summed E-state index contributed by atoms with van der Waals surface area (Å²) in [6.07, 6.45) is 12.7. The minimum absolute atomic E-state index is 0.764. The van der Waals surface area contributed by atoms with Crippen molar-refractivity contribution in [1.82, 2.24) is 0 Å². The highest BCUT2D eigenvalue weighted by Gasteiger charge is 1.85. The van der Waals surface area contributed by atoms with Gasteiger partial charge in [0.1, 0.15) is 0 Å². The van der Waals surface area contributed by atoms with E-state index < -0.39 is 5.97 Å². The molecular formula is C14H20O2. The Bertz CT molecular complexity index is 327. The summed E-state index contributed by atoms with van der Waals surface area (Å²) < 4.78 is 0. The number of carbonyl (C=O) groups is 1. The number of rotatable bonds is 6. The summed E-state index contributed by atoms with van der Waals surface area (Å²) in [6.45, 7) is 6.15. The lowest BCUT2D eigenvalue weighted by Gasteiger charge is -1.91. The van der Waals surface area contributed by atoms with Crippen LogP contribution in [0.25, 0.3) is 0 Å². The lowest BCUT2D eigenvalue weighted by molar-refractivity contribution is -0.131. The fourth-order valence-corrected chi connectivity index (χ4v) is 1.05. The van der Waals surface area contributed by atoms with E-state index >= 15 is 0 Å². The minimum atomic E-state index is -0.885. The third kappa shape index (κ3) is 10.5. The highest BCUT2D eigenvalue weighted by molar-refractivity contribution is 5.79. The molecule has 0 aliphatic heterocycles. The fraction of sp³-hybridized carbons (Fsp3) is 0.357. The van der Waals surface area contributed by atoms with Crippen molar-refractivity contribution < 1.29 is 9.90 Å². The topological polar surface area (TPSA) is 37.3 Å². The summed E-state index contributed by atoms with van der Waals surface area (Å²) in [6, 6.07) is 0. The van der Waals surface area contributed by atoms with Gasteiger partial charge in [0, 0.05) is 6.08 Å². The monoisotopic (exact) mass is 220 g/mol. The molecule has 0 aromatic carbocycles. The molecule has 16 heavy (non-hydrogen) atoms. The Labute approximate surface area is 97.7 Å². The lowest BCUT2D eigenvalue weighted by atomic mass is 10.2. The Morgan fingerprint density at radius 2 is 1.81 bits per heavy atom. The van der Waals surface area contributed by atoms with E-state index in [1.807, 2.05) is 19.1 Å². The van der Waals surface area contributed by atoms with Crippen LogP contribution in [0.5, 0.6) is 0 Å². The molecule has 0 atom stereocenters. The maximum absolute atomic E-state index is 10.2. The van der Waals surface area contributed by atoms with Gasteiger partial charge < -0.3 is 5.11 Å². The van der Waals surface area contributed by atoms with Crippen LogP contribution in [0.15, 0.2) is 47.6 Å². The van der Waals surface area contributed by atoms with E-state index in [0.29, 0.717) is 0 Å². The highest BCUT2D eigenvalue weighted by atomic mass is 16.4. The van der Waals surface area contributed by atoms with Crippen LogP contribution in [0, 0.1) is 0 Å². The molecule has 1 N–H and O–H groups in total. The van der Waals surface area contributed by atoms with Crippen molar-refractivity contribution in [1.29, 1.82) is 0 Å². The molecule has 0 radical (unpaired) electrons. The number of unbranched alkanes of at least 4 members (excludes halogenated alkanes) is 1. The average Bonchev–Trinajstić information content (AvgIpc) is 2.16. The molecule has 0 amide bonds. The molecule has 0 aliphatic rings. The zero-order valence-electron chi connectivity index (χ0n) is 10.2. The van der Waals surface area contributed by atoms with Crippen molar-refractivity contribution in [3.05, 3.63) is 47.6 Å². The molecule has 0 aliphatic carbocycles. The Morgan fingerprint density at radius 1 is 1.12 bits per heavy atom. The Balaban J connectivity index is 3.92. The first-order valence-corrected chi connectivity index (χ1v) is 5.40. The molecule has 0 bridgehead atoms. The van der Waals surface area contributed by atoms with Gasteiger partial charge in [-0.1, -0.05) is 41.5 Å². The number of aliphatic carboxylic acids is 1. The normalized spacial score (nSPS) is 12.3. The average molecular weight is 220 g/mol. The molecule has 2 heteroatoms. The Hall–Kier alpha value is -1.57. The van der Waals surface area contributed by atoms with Crippen LogP contribution >= 0.6 is 0 Å². The molecule has 0 aromatic rings. The fourth-order valence-electron chi connectivity index (χ4n) is 1.05. The van der Waals surface area contributed by atoms with Crippen molar-refractivity contribution in [2.45, 2.75) is 33.6 Å². The second-order valence-electron chi connectivity index (χ2n) is 3.87. The molecule has 88 valence electrons. The molecule has 0 aromatic heterocycles. The van der Waals surface area contributed by atoms with Gasteiger partial charge in [-0.2, -0.15) is 0 Å². The Kier molecular flexibility index (Phi) is 7.86. The van der Waals surface area contributed by atoms with Crippen LogP contribution in [0.2, 0.25) is 0 Å². The highest BCUT2D eigenvalue weighted by Crippen LogP contribution is 2.02. The van der Waals surface area contributed by atoms with Crippen molar-refractivity contribution in [2.24, 2.45) is 0 Å². The summed E-state index contributed by atoms with van der Waals surface area (Å²) in [5, 5.41) is 8.37. The van der Waals surface area contributed by atoms with Crippen LogP contribution in [0.4, 0.5) is 0 Å². The maximum atomic E-state index is 10.2. The van der Waals surface area contributed by atoms with Crippen molar-refractivity contribution in [3.63, 3.8) is 0 Å². The van der Waals surface area contributed by atoms with E-state index in [0.717, 1.165) is 12.8 Å². The zero-order chi connectivity index (χ0) is 12.4. The molecule has 0 unspecified atom stereocenters. The molecule has 0 fully saturated rings. The summed E-state index contributed by atoms with van der Waals surface area (Å²) in [5.74, 6) is -0.885. The lowest BCUT2D eigenvalue weighted by Crippen LogP contribution is -1.85. The van der Waals surface area contributed by atoms with Crippen LogP contribution in [0.1, 0.15) is 33.6 Å². The smallest absolute Gasteiger partial charge is 0.327 e. The van der Waals surface area contributed by atoms with Gasteiger partial charge in [-0.15, -0.1) is 0 Å². The van der Waals surface area contributed by atoms with Gasteiger partial charge in [-0.05, 0) is 33.6 Å². The second-order valence-corrected chi connectivity index (χ2v) is 3.87. The molecule has 0 rings (SSSR count). The van der Waals surface area contributed by atoms with Gasteiger partial charge in [0.2, 0.25) is 0 Å². The van der Waals surface area contributed by atoms with Crippen LogP contribution in [-0.2, 0) is 4.79 Å². The van der Waals surface area contributed by atoms with Gasteiger partial charge in [-0.3, -0.25) is 0 Å². The van der Waals surface area contributed by atoms with Gasteiger partial charge in [-0.25, -0.2) is 4.79 Å². The predicted octanol–water partition coefficient (Wildman–Crippen LogP) is 3.88. The first-order valence-electron chi connectivity index (χ1n) is 5.40. The van der Waals surface area contributed by atoms with E-state index in [4.69, 9.17) is 5.11 Å². The van der Waals surface area contributed by atoms with E-state index in [-0.39, 0.29) is 0 Å². The SMILES string of the molecule is CC(C)=C/C=C/C(C)=C/CC/C=C/C(=O)O. The van der Waals surface area contributed by atoms with E-state index in [1.54, 1.807) is 6.08 Å². The summed E-state index contributed by atoms with van der Waals surface area (Å²) in [7, 11) is 0. The van der Waals surface area contributed by atoms with Gasteiger partial charge in [0.15, 0.2) is 0 Å². The summed E-state index contributed by atoms with van der Waals surface area (Å²) >= 11 is 0. The first-order chi connectivity index (χ1) is 7.52. The third-order valence-electron chi connectivity index (χ3n) is 1.85. The molecule has 0 saturated heterocycles. The number of allylic oxidation sites excluding steroid dienone is 7. The van der Waals surface area contributed by atoms with Gasteiger partial charge >= 0.3 is 5.97 Å². The van der Waals surface area contributed by atoms with Gasteiger partial charge in [0.25, 0.3) is 0 Å². The van der Waals surface area contributed by atoms with Crippen molar-refractivity contribution >= 4 is 5.97 Å². The van der Waals surface area contributed by atoms with Crippen LogP contribution < -0.4 is 0 Å². The zero-order valence-corrected chi connectivity index (χ0v) is 10.2. The summed E-state index contributed by atoms with van der Waals surface area (Å²) in [4.78, 5) is 10.2. The van der Waals surface area contributed by atoms with Crippen LogP contribution in [-0.4, -0.2) is 11.1 Å². The van der Waals surface area contributed by atoms with Crippen molar-refractivity contribution in [2.75, 3.05) is 0 Å². The standard InChI is InChI=1S/C14H20O2/c1-12(2)8-7-10-13(3)9-5-4-6-11-14(15)16/h6-11H,4-5H2,1-3H3,(H,15,16)/b10-7+,11-6+,13-9+. The van der Waals surface area contributed by atoms with E-state index in [9.17, 15) is 4.79 Å². The number of hydrogen-bond donors (Lipinski definition) is 1. The quantitative estimate of drug-likeness (QED) is 0.419. The number of carboxylic acid groups (broad SMARTS) is 1. The predicted molar refractivity (Wildman–Crippen MR) is 68.3 cm³/mol. The van der Waals surface area contributed by atoms with Gasteiger partial charge in [0.05, 0.1) is 0 Å². The van der Waals surface area contributed by atoms with Crippen molar-refractivity contribution in [3.8, 4) is 0 Å². The molecular weight excluding hydrogens is 200 g/mol. The maximum Gasteiger partial charge on any atom is 0.327 e. The summed E-state index contributed by atoms with van der Waals surface area (Å²) in [5.41, 5.74) is 2.47. The number of carboxylic acids is 1. The molecule has 0 heterocycles. The van der Waals surface area contributed by atoms with Crippen LogP contribution in [0.3, 0.4) is 0 Å². The third-order valence-corrected chi connectivity index (χ3v) is 1.85.